The topological polar surface area (TPSA) is 50.9 Å². The van der Waals surface area contributed by atoms with Crippen molar-refractivity contribution in [1.82, 2.24) is 4.98 Å². The van der Waals surface area contributed by atoms with Crippen LogP contribution in [0.2, 0.25) is 0 Å². The highest BCUT2D eigenvalue weighted by atomic mass is 15.0. The lowest BCUT2D eigenvalue weighted by Crippen LogP contribution is -2.30. The molecule has 0 bridgehead atoms. The molecule has 1 aliphatic rings. The standard InChI is InChI=1S/C12H19N3/c1-9-5-2-3-6-10(9)14-12-8-4-7-11(13)15-12/h4,7-10H,2-3,5-6H2,1H3,(H3,13,14,15). The monoisotopic (exact) mass is 205 g/mol. The Labute approximate surface area is 91.1 Å². The van der Waals surface area contributed by atoms with Gasteiger partial charge in [-0.2, -0.15) is 0 Å². The first-order valence-electron chi connectivity index (χ1n) is 5.75. The van der Waals surface area contributed by atoms with E-state index in [1.165, 1.54) is 25.7 Å². The van der Waals surface area contributed by atoms with E-state index < -0.39 is 0 Å². The SMILES string of the molecule is CC1CCCCC1Nc1cccc(N)n1. The van der Waals surface area contributed by atoms with Crippen LogP contribution in [0.5, 0.6) is 0 Å². The Morgan fingerprint density at radius 2 is 2.13 bits per heavy atom. The molecule has 1 aliphatic carbocycles. The van der Waals surface area contributed by atoms with E-state index in [2.05, 4.69) is 17.2 Å². The molecular weight excluding hydrogens is 186 g/mol. The summed E-state index contributed by atoms with van der Waals surface area (Å²) in [5.41, 5.74) is 5.65. The van der Waals surface area contributed by atoms with Crippen LogP contribution in [-0.2, 0) is 0 Å². The van der Waals surface area contributed by atoms with Gasteiger partial charge in [0.2, 0.25) is 0 Å². The quantitative estimate of drug-likeness (QED) is 0.780. The molecule has 2 unspecified atom stereocenters. The average Bonchev–Trinajstić information content (AvgIpc) is 2.22. The van der Waals surface area contributed by atoms with Crippen LogP contribution in [0, 0.1) is 5.92 Å². The second kappa shape index (κ2) is 4.51. The number of nitrogens with two attached hydrogens (primary N) is 1. The fourth-order valence-electron chi connectivity index (χ4n) is 2.25. The number of nitrogens with one attached hydrogen (secondary N) is 1. The van der Waals surface area contributed by atoms with Gasteiger partial charge in [-0.05, 0) is 30.9 Å². The Hall–Kier alpha value is -1.25. The van der Waals surface area contributed by atoms with Crippen LogP contribution in [0.15, 0.2) is 18.2 Å². The van der Waals surface area contributed by atoms with Gasteiger partial charge < -0.3 is 11.1 Å². The van der Waals surface area contributed by atoms with Crippen molar-refractivity contribution in [2.24, 2.45) is 5.92 Å². The van der Waals surface area contributed by atoms with Crippen LogP contribution in [0.4, 0.5) is 11.6 Å². The first kappa shape index (κ1) is 10.3. The van der Waals surface area contributed by atoms with Crippen molar-refractivity contribution in [3.63, 3.8) is 0 Å². The second-order valence-electron chi connectivity index (χ2n) is 4.46. The fraction of sp³-hybridized carbons (Fsp3) is 0.583. The Balaban J connectivity index is 2.01. The number of aromatic nitrogens is 1. The third-order valence-corrected chi connectivity index (χ3v) is 3.22. The molecule has 1 saturated carbocycles. The van der Waals surface area contributed by atoms with E-state index in [0.29, 0.717) is 11.9 Å². The molecule has 1 fully saturated rings. The molecule has 0 aliphatic heterocycles. The summed E-state index contributed by atoms with van der Waals surface area (Å²) in [7, 11) is 0. The zero-order valence-corrected chi connectivity index (χ0v) is 9.24. The van der Waals surface area contributed by atoms with Gasteiger partial charge in [0, 0.05) is 6.04 Å². The van der Waals surface area contributed by atoms with Crippen LogP contribution in [0.25, 0.3) is 0 Å². The summed E-state index contributed by atoms with van der Waals surface area (Å²) in [5.74, 6) is 2.24. The van der Waals surface area contributed by atoms with Gasteiger partial charge in [0.05, 0.1) is 0 Å². The summed E-state index contributed by atoms with van der Waals surface area (Å²) in [5, 5.41) is 3.48. The van der Waals surface area contributed by atoms with Gasteiger partial charge in [0.15, 0.2) is 0 Å². The molecule has 82 valence electrons. The molecule has 15 heavy (non-hydrogen) atoms. The van der Waals surface area contributed by atoms with Crippen LogP contribution in [0.1, 0.15) is 32.6 Å². The van der Waals surface area contributed by atoms with Crippen LogP contribution in [0.3, 0.4) is 0 Å². The molecule has 1 heterocycles. The van der Waals surface area contributed by atoms with Crippen LogP contribution in [-0.4, -0.2) is 11.0 Å². The number of hydrogen-bond acceptors (Lipinski definition) is 3. The molecule has 3 heteroatoms. The summed E-state index contributed by atoms with van der Waals surface area (Å²) in [6, 6.07) is 6.30. The van der Waals surface area contributed by atoms with Crippen molar-refractivity contribution in [2.75, 3.05) is 11.1 Å². The summed E-state index contributed by atoms with van der Waals surface area (Å²) < 4.78 is 0. The van der Waals surface area contributed by atoms with E-state index in [0.717, 1.165) is 11.7 Å². The number of nitrogen functional groups attached to an aromatic ring is 1. The number of anilines is 2. The molecule has 1 aromatic rings. The number of rotatable bonds is 2. The molecule has 0 spiro atoms. The Morgan fingerprint density at radius 1 is 1.33 bits per heavy atom. The van der Waals surface area contributed by atoms with E-state index in [1.54, 1.807) is 0 Å². The molecule has 1 aromatic heterocycles. The Morgan fingerprint density at radius 3 is 2.87 bits per heavy atom. The van der Waals surface area contributed by atoms with Gasteiger partial charge in [0.25, 0.3) is 0 Å². The van der Waals surface area contributed by atoms with Gasteiger partial charge in [-0.15, -0.1) is 0 Å². The maximum Gasteiger partial charge on any atom is 0.128 e. The minimum Gasteiger partial charge on any atom is -0.384 e. The van der Waals surface area contributed by atoms with E-state index in [9.17, 15) is 0 Å². The van der Waals surface area contributed by atoms with Gasteiger partial charge in [-0.1, -0.05) is 25.8 Å². The largest absolute Gasteiger partial charge is 0.384 e. The highest BCUT2D eigenvalue weighted by Crippen LogP contribution is 2.26. The fourth-order valence-corrected chi connectivity index (χ4v) is 2.25. The lowest BCUT2D eigenvalue weighted by Gasteiger charge is -2.29. The van der Waals surface area contributed by atoms with Crippen molar-refractivity contribution < 1.29 is 0 Å². The number of nitrogens with zero attached hydrogens (tertiary/aromatic N) is 1. The maximum atomic E-state index is 5.65. The minimum atomic E-state index is 0.563. The van der Waals surface area contributed by atoms with Gasteiger partial charge >= 0.3 is 0 Å². The first-order chi connectivity index (χ1) is 7.25. The molecule has 0 radical (unpaired) electrons. The van der Waals surface area contributed by atoms with Crippen LogP contribution < -0.4 is 11.1 Å². The smallest absolute Gasteiger partial charge is 0.128 e. The van der Waals surface area contributed by atoms with Crippen molar-refractivity contribution >= 4 is 11.6 Å². The molecule has 2 atom stereocenters. The van der Waals surface area contributed by atoms with E-state index >= 15 is 0 Å². The number of pyridine rings is 1. The van der Waals surface area contributed by atoms with Gasteiger partial charge in [-0.3, -0.25) is 0 Å². The maximum absolute atomic E-state index is 5.65. The number of hydrogen-bond donors (Lipinski definition) is 2. The lowest BCUT2D eigenvalue weighted by atomic mass is 9.86. The van der Waals surface area contributed by atoms with Gasteiger partial charge in [0.1, 0.15) is 11.6 Å². The molecule has 0 saturated heterocycles. The average molecular weight is 205 g/mol. The highest BCUT2D eigenvalue weighted by Gasteiger charge is 2.21. The summed E-state index contributed by atoms with van der Waals surface area (Å²) in [6.45, 7) is 2.31. The van der Waals surface area contributed by atoms with E-state index in [-0.39, 0.29) is 0 Å². The highest BCUT2D eigenvalue weighted by molar-refractivity contribution is 5.43. The normalized spacial score (nSPS) is 26.2. The predicted molar refractivity (Wildman–Crippen MR) is 63.7 cm³/mol. The van der Waals surface area contributed by atoms with Crippen molar-refractivity contribution in [1.29, 1.82) is 0 Å². The summed E-state index contributed by atoms with van der Waals surface area (Å²) in [6.07, 6.45) is 5.26. The Bertz CT molecular complexity index is 324. The van der Waals surface area contributed by atoms with E-state index in [4.69, 9.17) is 5.73 Å². The minimum absolute atomic E-state index is 0.563. The van der Waals surface area contributed by atoms with E-state index in [1.807, 2.05) is 18.2 Å². The lowest BCUT2D eigenvalue weighted by molar-refractivity contribution is 0.349. The molecule has 2 rings (SSSR count). The van der Waals surface area contributed by atoms with Crippen molar-refractivity contribution in [3.8, 4) is 0 Å². The Kier molecular flexibility index (Phi) is 3.09. The zero-order valence-electron chi connectivity index (χ0n) is 9.24. The third kappa shape index (κ3) is 2.61. The molecule has 3 nitrogen and oxygen atoms in total. The van der Waals surface area contributed by atoms with Crippen molar-refractivity contribution in [3.05, 3.63) is 18.2 Å². The predicted octanol–water partition coefficient (Wildman–Crippen LogP) is 2.65. The molecule has 0 amide bonds. The molecule has 0 aromatic carbocycles. The van der Waals surface area contributed by atoms with Crippen LogP contribution >= 0.6 is 0 Å². The van der Waals surface area contributed by atoms with Gasteiger partial charge in [-0.25, -0.2) is 4.98 Å². The third-order valence-electron chi connectivity index (χ3n) is 3.22. The second-order valence-corrected chi connectivity index (χ2v) is 4.46. The summed E-state index contributed by atoms with van der Waals surface area (Å²) >= 11 is 0. The van der Waals surface area contributed by atoms with Crippen molar-refractivity contribution in [2.45, 2.75) is 38.6 Å². The molecular formula is C12H19N3. The summed E-state index contributed by atoms with van der Waals surface area (Å²) in [4.78, 5) is 4.27. The molecule has 3 N–H and O–H groups in total. The zero-order chi connectivity index (χ0) is 10.7. The first-order valence-corrected chi connectivity index (χ1v) is 5.75.